The van der Waals surface area contributed by atoms with Crippen LogP contribution in [0.3, 0.4) is 0 Å². The Morgan fingerprint density at radius 3 is 2.40 bits per heavy atom. The molecule has 0 aliphatic heterocycles. The third-order valence-corrected chi connectivity index (χ3v) is 2.62. The van der Waals surface area contributed by atoms with Gasteiger partial charge in [-0.2, -0.15) is 5.26 Å². The molecule has 20 heavy (non-hydrogen) atoms. The Kier molecular flexibility index (Phi) is 3.66. The van der Waals surface area contributed by atoms with Gasteiger partial charge in [-0.25, -0.2) is 0 Å². The zero-order valence-electron chi connectivity index (χ0n) is 10.5. The Hall–Kier alpha value is -2.48. The maximum atomic E-state index is 12.3. The Bertz CT molecular complexity index is 672. The molecular weight excluding hydrogens is 267 g/mol. The summed E-state index contributed by atoms with van der Waals surface area (Å²) in [5.74, 6) is -0.395. The van der Waals surface area contributed by atoms with Crippen molar-refractivity contribution < 1.29 is 17.9 Å². The van der Waals surface area contributed by atoms with Crippen molar-refractivity contribution in [2.75, 3.05) is 0 Å². The molecule has 2 nitrogen and oxygen atoms in total. The van der Waals surface area contributed by atoms with Gasteiger partial charge in [0.15, 0.2) is 0 Å². The Morgan fingerprint density at radius 2 is 1.80 bits per heavy atom. The lowest BCUT2D eigenvalue weighted by Crippen LogP contribution is -2.17. The highest BCUT2D eigenvalue weighted by Crippen LogP contribution is 2.30. The van der Waals surface area contributed by atoms with Crippen LogP contribution in [0.25, 0.3) is 11.1 Å². The van der Waals surface area contributed by atoms with E-state index in [-0.39, 0.29) is 5.56 Å². The lowest BCUT2D eigenvalue weighted by Gasteiger charge is -2.11. The van der Waals surface area contributed by atoms with Crippen molar-refractivity contribution in [1.82, 2.24) is 0 Å². The number of ether oxygens (including phenoxy) is 1. The highest BCUT2D eigenvalue weighted by atomic mass is 19.4. The van der Waals surface area contributed by atoms with Crippen molar-refractivity contribution in [2.45, 2.75) is 13.3 Å². The van der Waals surface area contributed by atoms with Crippen LogP contribution >= 0.6 is 0 Å². The molecule has 0 aliphatic rings. The van der Waals surface area contributed by atoms with Crippen LogP contribution in [0.15, 0.2) is 42.5 Å². The van der Waals surface area contributed by atoms with Crippen molar-refractivity contribution in [3.63, 3.8) is 0 Å². The monoisotopic (exact) mass is 277 g/mol. The molecule has 0 saturated carbocycles. The third-order valence-electron chi connectivity index (χ3n) is 2.62. The molecule has 0 spiro atoms. The average Bonchev–Trinajstić information content (AvgIpc) is 2.36. The molecule has 0 bridgehead atoms. The van der Waals surface area contributed by atoms with Crippen LogP contribution in [-0.4, -0.2) is 6.36 Å². The summed E-state index contributed by atoms with van der Waals surface area (Å²) >= 11 is 0. The molecule has 0 aromatic heterocycles. The highest BCUT2D eigenvalue weighted by Gasteiger charge is 2.31. The first-order valence-corrected chi connectivity index (χ1v) is 5.75. The van der Waals surface area contributed by atoms with Crippen molar-refractivity contribution in [3.8, 4) is 22.9 Å². The number of hydrogen-bond acceptors (Lipinski definition) is 2. The third kappa shape index (κ3) is 3.51. The maximum absolute atomic E-state index is 12.3. The van der Waals surface area contributed by atoms with Gasteiger partial charge in [0.25, 0.3) is 0 Å². The van der Waals surface area contributed by atoms with E-state index in [1.54, 1.807) is 12.1 Å². The molecule has 0 N–H and O–H groups in total. The fraction of sp³-hybridized carbons (Fsp3) is 0.133. The molecule has 2 rings (SSSR count). The van der Waals surface area contributed by atoms with Crippen molar-refractivity contribution in [1.29, 1.82) is 5.26 Å². The lowest BCUT2D eigenvalue weighted by molar-refractivity contribution is -0.274. The number of benzene rings is 2. The lowest BCUT2D eigenvalue weighted by atomic mass is 10.0. The van der Waals surface area contributed by atoms with E-state index in [1.165, 1.54) is 12.1 Å². The molecule has 0 atom stereocenters. The molecule has 0 fully saturated rings. The molecule has 0 aliphatic carbocycles. The second-order valence-corrected chi connectivity index (χ2v) is 4.28. The average molecular weight is 277 g/mol. The predicted molar refractivity (Wildman–Crippen MR) is 68.0 cm³/mol. The minimum Gasteiger partial charge on any atom is -0.406 e. The van der Waals surface area contributed by atoms with E-state index in [2.05, 4.69) is 4.74 Å². The summed E-state index contributed by atoms with van der Waals surface area (Å²) in [4.78, 5) is 0. The number of rotatable bonds is 2. The van der Waals surface area contributed by atoms with Gasteiger partial charge in [-0.15, -0.1) is 13.2 Å². The number of alkyl halides is 3. The first-order chi connectivity index (χ1) is 9.37. The first kappa shape index (κ1) is 13.9. The molecule has 0 radical (unpaired) electrons. The molecule has 102 valence electrons. The van der Waals surface area contributed by atoms with Crippen LogP contribution in [0.2, 0.25) is 0 Å². The Morgan fingerprint density at radius 1 is 1.05 bits per heavy atom. The normalized spacial score (nSPS) is 10.9. The topological polar surface area (TPSA) is 33.0 Å². The van der Waals surface area contributed by atoms with Gasteiger partial charge in [-0.3, -0.25) is 0 Å². The van der Waals surface area contributed by atoms with Crippen LogP contribution in [0, 0.1) is 18.3 Å². The van der Waals surface area contributed by atoms with Gasteiger partial charge in [0, 0.05) is 0 Å². The zero-order chi connectivity index (χ0) is 14.8. The summed E-state index contributed by atoms with van der Waals surface area (Å²) in [6.45, 7) is 1.88. The van der Waals surface area contributed by atoms with Crippen LogP contribution in [-0.2, 0) is 0 Å². The standard InChI is InChI=1S/C15H10F3NO/c1-10-3-2-4-12(5-10)13-6-11(9-19)7-14(8-13)20-15(16,17)18/h2-8H,1H3. The number of nitrogens with zero attached hydrogens (tertiary/aromatic N) is 1. The molecule has 0 heterocycles. The number of halogens is 3. The summed E-state index contributed by atoms with van der Waals surface area (Å²) in [7, 11) is 0. The van der Waals surface area contributed by atoms with Gasteiger partial charge in [0.1, 0.15) is 5.75 Å². The molecule has 5 heteroatoms. The van der Waals surface area contributed by atoms with Crippen molar-refractivity contribution in [2.24, 2.45) is 0 Å². The number of hydrogen-bond donors (Lipinski definition) is 0. The van der Waals surface area contributed by atoms with Gasteiger partial charge in [0.2, 0.25) is 0 Å². The fourth-order valence-electron chi connectivity index (χ4n) is 1.85. The molecule has 0 saturated heterocycles. The second-order valence-electron chi connectivity index (χ2n) is 4.28. The summed E-state index contributed by atoms with van der Waals surface area (Å²) < 4.78 is 40.7. The Balaban J connectivity index is 2.49. The van der Waals surface area contributed by atoms with Crippen LogP contribution in [0.4, 0.5) is 13.2 Å². The zero-order valence-corrected chi connectivity index (χ0v) is 10.5. The van der Waals surface area contributed by atoms with E-state index in [0.29, 0.717) is 5.56 Å². The van der Waals surface area contributed by atoms with E-state index in [4.69, 9.17) is 5.26 Å². The van der Waals surface area contributed by atoms with Crippen molar-refractivity contribution >= 4 is 0 Å². The summed E-state index contributed by atoms with van der Waals surface area (Å²) in [5, 5.41) is 8.90. The minimum absolute atomic E-state index is 0.114. The SMILES string of the molecule is Cc1cccc(-c2cc(C#N)cc(OC(F)(F)F)c2)c1. The van der Waals surface area contributed by atoms with E-state index < -0.39 is 12.1 Å². The van der Waals surface area contributed by atoms with Gasteiger partial charge in [0.05, 0.1) is 11.6 Å². The number of nitriles is 1. The predicted octanol–water partition coefficient (Wildman–Crippen LogP) is 4.43. The van der Waals surface area contributed by atoms with E-state index in [1.807, 2.05) is 25.1 Å². The minimum atomic E-state index is -4.78. The molecule has 0 unspecified atom stereocenters. The van der Waals surface area contributed by atoms with E-state index in [9.17, 15) is 13.2 Å². The van der Waals surface area contributed by atoms with E-state index in [0.717, 1.165) is 17.2 Å². The maximum Gasteiger partial charge on any atom is 0.573 e. The second kappa shape index (κ2) is 5.25. The molecule has 0 amide bonds. The summed E-state index contributed by atoms with van der Waals surface area (Å²) in [6, 6.07) is 13.0. The van der Waals surface area contributed by atoms with Gasteiger partial charge in [-0.05, 0) is 36.2 Å². The van der Waals surface area contributed by atoms with Gasteiger partial charge >= 0.3 is 6.36 Å². The molecular formula is C15H10F3NO. The number of aryl methyl sites for hydroxylation is 1. The summed E-state index contributed by atoms with van der Waals surface area (Å²) in [6.07, 6.45) is -4.78. The van der Waals surface area contributed by atoms with E-state index >= 15 is 0 Å². The van der Waals surface area contributed by atoms with Crippen molar-refractivity contribution in [3.05, 3.63) is 53.6 Å². The largest absolute Gasteiger partial charge is 0.573 e. The van der Waals surface area contributed by atoms with Gasteiger partial charge in [-0.1, -0.05) is 29.8 Å². The first-order valence-electron chi connectivity index (χ1n) is 5.75. The quantitative estimate of drug-likeness (QED) is 0.813. The fourth-order valence-corrected chi connectivity index (χ4v) is 1.85. The smallest absolute Gasteiger partial charge is 0.406 e. The molecule has 2 aromatic carbocycles. The van der Waals surface area contributed by atoms with Crippen LogP contribution in [0.1, 0.15) is 11.1 Å². The van der Waals surface area contributed by atoms with Gasteiger partial charge < -0.3 is 4.74 Å². The molecule has 2 aromatic rings. The summed E-state index contributed by atoms with van der Waals surface area (Å²) in [5.41, 5.74) is 2.33. The Labute approximate surface area is 114 Å². The van der Waals surface area contributed by atoms with Crippen LogP contribution in [0.5, 0.6) is 5.75 Å². The van der Waals surface area contributed by atoms with Crippen LogP contribution < -0.4 is 4.74 Å². The highest BCUT2D eigenvalue weighted by molar-refractivity contribution is 5.68.